The molecule has 33 heavy (non-hydrogen) atoms. The molecule has 0 unspecified atom stereocenters. The molecule has 6 nitrogen and oxygen atoms in total. The summed E-state index contributed by atoms with van der Waals surface area (Å²) in [6, 6.07) is 11.5. The van der Waals surface area contributed by atoms with Crippen molar-refractivity contribution in [2.75, 3.05) is 13.1 Å². The van der Waals surface area contributed by atoms with E-state index in [0.717, 1.165) is 23.4 Å². The van der Waals surface area contributed by atoms with Crippen LogP contribution in [0.1, 0.15) is 28.9 Å². The molecule has 0 radical (unpaired) electrons. The lowest BCUT2D eigenvalue weighted by Gasteiger charge is -2.28. The van der Waals surface area contributed by atoms with Crippen molar-refractivity contribution < 1.29 is 22.7 Å². The fourth-order valence-corrected chi connectivity index (χ4v) is 3.76. The van der Waals surface area contributed by atoms with Gasteiger partial charge in [-0.25, -0.2) is 14.8 Å². The molecule has 1 N–H and O–H groups in total. The molecule has 0 atom stereocenters. The van der Waals surface area contributed by atoms with Gasteiger partial charge in [0, 0.05) is 37.1 Å². The van der Waals surface area contributed by atoms with Crippen LogP contribution in [-0.4, -0.2) is 45.1 Å². The van der Waals surface area contributed by atoms with Crippen LogP contribution in [0.3, 0.4) is 0 Å². The van der Waals surface area contributed by atoms with Gasteiger partial charge in [0.15, 0.2) is 11.6 Å². The second-order valence-electron chi connectivity index (χ2n) is 7.93. The maximum Gasteiger partial charge on any atom is 0.491 e. The highest BCUT2D eigenvalue weighted by atomic mass is 19.4. The van der Waals surface area contributed by atoms with Crippen molar-refractivity contribution in [3.05, 3.63) is 71.2 Å². The van der Waals surface area contributed by atoms with Crippen LogP contribution in [0.15, 0.2) is 48.7 Å². The molecule has 0 spiro atoms. The highest BCUT2D eigenvalue weighted by Gasteiger charge is 2.42. The van der Waals surface area contributed by atoms with Crippen LogP contribution in [0.5, 0.6) is 5.75 Å². The third-order valence-electron chi connectivity index (χ3n) is 5.51. The summed E-state index contributed by atoms with van der Waals surface area (Å²) in [6.07, 6.45) is -0.977. The van der Waals surface area contributed by atoms with E-state index >= 15 is 0 Å². The van der Waals surface area contributed by atoms with Gasteiger partial charge in [0.25, 0.3) is 0 Å². The number of benzene rings is 1. The number of carbonyl (C=O) groups excluding carboxylic acids is 1. The molecule has 9 heteroatoms. The van der Waals surface area contributed by atoms with Crippen molar-refractivity contribution in [2.24, 2.45) is 0 Å². The molecule has 1 aliphatic heterocycles. The Morgan fingerprint density at radius 3 is 2.61 bits per heavy atom. The quantitative estimate of drug-likeness (QED) is 0.556. The second kappa shape index (κ2) is 9.19. The number of pyridine rings is 1. The number of nitrogens with one attached hydrogen (secondary N) is 1. The number of aryl methyl sites for hydroxylation is 2. The molecule has 3 aromatic rings. The SMILES string of the molecule is Cc1nc(-c2nccc(C3=CCCN(Cc4ccccc4)C3)c2OC(=O)C(F)(F)F)[nH]c1C. The number of H-pyrrole nitrogens is 1. The number of nitrogens with zero attached hydrogens (tertiary/aromatic N) is 3. The van der Waals surface area contributed by atoms with Gasteiger partial charge < -0.3 is 9.72 Å². The number of hydrogen-bond donors (Lipinski definition) is 1. The molecule has 4 rings (SSSR count). The molecule has 0 aliphatic carbocycles. The number of aromatic amines is 1. The van der Waals surface area contributed by atoms with E-state index in [1.54, 1.807) is 19.9 Å². The highest BCUT2D eigenvalue weighted by molar-refractivity contribution is 5.84. The third kappa shape index (κ3) is 5.14. The zero-order valence-electron chi connectivity index (χ0n) is 18.2. The Morgan fingerprint density at radius 2 is 1.94 bits per heavy atom. The molecule has 1 aliphatic rings. The van der Waals surface area contributed by atoms with Crippen LogP contribution in [-0.2, 0) is 11.3 Å². The first-order chi connectivity index (χ1) is 15.7. The van der Waals surface area contributed by atoms with Gasteiger partial charge in [0.05, 0.1) is 5.69 Å². The van der Waals surface area contributed by atoms with Gasteiger partial charge in [0.1, 0.15) is 5.69 Å². The minimum absolute atomic E-state index is 0.0578. The largest absolute Gasteiger partial charge is 0.491 e. The molecule has 172 valence electrons. The molecule has 0 amide bonds. The van der Waals surface area contributed by atoms with E-state index in [9.17, 15) is 18.0 Å². The van der Waals surface area contributed by atoms with Crippen molar-refractivity contribution in [3.8, 4) is 17.3 Å². The van der Waals surface area contributed by atoms with E-state index in [1.165, 1.54) is 6.20 Å². The van der Waals surface area contributed by atoms with Crippen molar-refractivity contribution in [2.45, 2.75) is 33.0 Å². The molecule has 1 aromatic carbocycles. The van der Waals surface area contributed by atoms with Crippen molar-refractivity contribution in [1.29, 1.82) is 0 Å². The topological polar surface area (TPSA) is 71.1 Å². The number of imidazole rings is 1. The summed E-state index contributed by atoms with van der Waals surface area (Å²) < 4.78 is 44.1. The minimum Gasteiger partial charge on any atom is -0.417 e. The first-order valence-electron chi connectivity index (χ1n) is 10.5. The van der Waals surface area contributed by atoms with Crippen LogP contribution in [0, 0.1) is 13.8 Å². The van der Waals surface area contributed by atoms with Crippen LogP contribution < -0.4 is 4.74 Å². The van der Waals surface area contributed by atoms with E-state index in [4.69, 9.17) is 4.74 Å². The summed E-state index contributed by atoms with van der Waals surface area (Å²) in [5, 5.41) is 0. The number of ether oxygens (including phenoxy) is 1. The Kier molecular flexibility index (Phi) is 6.33. The Morgan fingerprint density at radius 1 is 1.18 bits per heavy atom. The number of rotatable bonds is 5. The number of esters is 1. The first-order valence-corrected chi connectivity index (χ1v) is 10.5. The fourth-order valence-electron chi connectivity index (χ4n) is 3.76. The Bertz CT molecular complexity index is 1170. The number of alkyl halides is 3. The molecule has 0 fully saturated rings. The van der Waals surface area contributed by atoms with Gasteiger partial charge in [0.2, 0.25) is 0 Å². The summed E-state index contributed by atoms with van der Waals surface area (Å²) in [5.41, 5.74) is 3.78. The van der Waals surface area contributed by atoms with Crippen LogP contribution in [0.2, 0.25) is 0 Å². The highest BCUT2D eigenvalue weighted by Crippen LogP contribution is 2.37. The van der Waals surface area contributed by atoms with Gasteiger partial charge in [-0.15, -0.1) is 0 Å². The zero-order valence-corrected chi connectivity index (χ0v) is 18.2. The van der Waals surface area contributed by atoms with E-state index in [-0.39, 0.29) is 17.3 Å². The molecule has 0 saturated heterocycles. The van der Waals surface area contributed by atoms with E-state index in [0.29, 0.717) is 30.8 Å². The van der Waals surface area contributed by atoms with E-state index in [1.807, 2.05) is 36.4 Å². The van der Waals surface area contributed by atoms with Crippen LogP contribution in [0.4, 0.5) is 13.2 Å². The standard InChI is InChI=1S/C24H23F3N4O2/c1-15-16(2)30-22(29-15)20-21(33-23(32)24(25,26)27)19(10-11-28-20)18-9-6-12-31(14-18)13-17-7-4-3-5-8-17/h3-5,7-11H,6,12-14H2,1-2H3,(H,29,30). The zero-order chi connectivity index (χ0) is 23.6. The fraction of sp³-hybridized carbons (Fsp3) is 0.292. The van der Waals surface area contributed by atoms with Gasteiger partial charge in [-0.2, -0.15) is 13.2 Å². The summed E-state index contributed by atoms with van der Waals surface area (Å²) in [5.74, 6) is -2.30. The van der Waals surface area contributed by atoms with Gasteiger partial charge in [-0.1, -0.05) is 36.4 Å². The normalized spacial score (nSPS) is 14.8. The maximum absolute atomic E-state index is 13.1. The summed E-state index contributed by atoms with van der Waals surface area (Å²) in [6.45, 7) is 5.56. The number of aromatic nitrogens is 3. The molecular weight excluding hydrogens is 433 g/mol. The van der Waals surface area contributed by atoms with Gasteiger partial charge in [-0.3, -0.25) is 4.90 Å². The molecule has 0 bridgehead atoms. The smallest absolute Gasteiger partial charge is 0.417 e. The maximum atomic E-state index is 13.1. The lowest BCUT2D eigenvalue weighted by atomic mass is 9.99. The van der Waals surface area contributed by atoms with Crippen molar-refractivity contribution >= 4 is 11.5 Å². The van der Waals surface area contributed by atoms with Crippen molar-refractivity contribution in [3.63, 3.8) is 0 Å². The van der Waals surface area contributed by atoms with Crippen LogP contribution in [0.25, 0.3) is 17.1 Å². The minimum atomic E-state index is -5.14. The predicted octanol–water partition coefficient (Wildman–Crippen LogP) is 4.85. The third-order valence-corrected chi connectivity index (χ3v) is 5.51. The van der Waals surface area contributed by atoms with Gasteiger partial charge in [-0.05, 0) is 37.5 Å². The van der Waals surface area contributed by atoms with Crippen LogP contribution >= 0.6 is 0 Å². The number of carbonyl (C=O) groups is 1. The molecule has 0 saturated carbocycles. The lowest BCUT2D eigenvalue weighted by Crippen LogP contribution is -2.30. The molecular formula is C24H23F3N4O2. The first kappa shape index (κ1) is 22.7. The van der Waals surface area contributed by atoms with E-state index < -0.39 is 12.1 Å². The molecule has 3 heterocycles. The Hall–Kier alpha value is -3.46. The summed E-state index contributed by atoms with van der Waals surface area (Å²) >= 11 is 0. The number of hydrogen-bond acceptors (Lipinski definition) is 5. The van der Waals surface area contributed by atoms with Gasteiger partial charge >= 0.3 is 12.1 Å². The van der Waals surface area contributed by atoms with E-state index in [2.05, 4.69) is 19.9 Å². The summed E-state index contributed by atoms with van der Waals surface area (Å²) in [4.78, 5) is 25.5. The second-order valence-corrected chi connectivity index (χ2v) is 7.93. The monoisotopic (exact) mass is 456 g/mol. The lowest BCUT2D eigenvalue weighted by molar-refractivity contribution is -0.189. The molecule has 2 aromatic heterocycles. The predicted molar refractivity (Wildman–Crippen MR) is 117 cm³/mol. The average molecular weight is 456 g/mol. The average Bonchev–Trinajstić information content (AvgIpc) is 3.12. The Balaban J connectivity index is 1.71. The van der Waals surface area contributed by atoms with Crippen molar-refractivity contribution in [1.82, 2.24) is 19.9 Å². The number of halogens is 3. The summed E-state index contributed by atoms with van der Waals surface area (Å²) in [7, 11) is 0. The Labute approximate surface area is 189 Å².